The molecule has 0 aliphatic carbocycles. The number of carbonyl (C=O) groups is 1. The van der Waals surface area contributed by atoms with Gasteiger partial charge in [-0.3, -0.25) is 14.7 Å². The van der Waals surface area contributed by atoms with E-state index in [1.54, 1.807) is 24.1 Å². The smallest absolute Gasteiger partial charge is 0.276 e. The zero-order chi connectivity index (χ0) is 18.3. The quantitative estimate of drug-likeness (QED) is 0.730. The third kappa shape index (κ3) is 2.80. The second-order valence-corrected chi connectivity index (χ2v) is 6.79. The van der Waals surface area contributed by atoms with Crippen molar-refractivity contribution in [2.75, 3.05) is 13.1 Å². The number of rotatable bonds is 3. The maximum Gasteiger partial charge on any atom is 0.276 e. The topological polar surface area (TPSA) is 96.5 Å². The molecule has 1 aliphatic rings. The normalized spacial score (nSPS) is 20.0. The van der Waals surface area contributed by atoms with E-state index in [9.17, 15) is 9.59 Å². The third-order valence-electron chi connectivity index (χ3n) is 5.12. The second kappa shape index (κ2) is 6.42. The van der Waals surface area contributed by atoms with Crippen LogP contribution in [0.2, 0.25) is 0 Å². The Morgan fingerprint density at radius 2 is 2.04 bits per heavy atom. The van der Waals surface area contributed by atoms with E-state index >= 15 is 0 Å². The van der Waals surface area contributed by atoms with E-state index in [1.165, 1.54) is 4.52 Å². The number of nitrogens with zero attached hydrogens (tertiary/aromatic N) is 3. The van der Waals surface area contributed by atoms with Crippen LogP contribution in [0.15, 0.2) is 47.4 Å². The van der Waals surface area contributed by atoms with Crippen molar-refractivity contribution in [1.82, 2.24) is 19.5 Å². The summed E-state index contributed by atoms with van der Waals surface area (Å²) in [5.41, 5.74) is 8.75. The molecular formula is C19H21N5O2. The summed E-state index contributed by atoms with van der Waals surface area (Å²) in [6.45, 7) is 2.83. The Bertz CT molecular complexity index is 1010. The van der Waals surface area contributed by atoms with Crippen molar-refractivity contribution in [1.29, 1.82) is 0 Å². The number of hydrogen-bond acceptors (Lipinski definition) is 4. The van der Waals surface area contributed by atoms with Crippen LogP contribution in [0.5, 0.6) is 0 Å². The monoisotopic (exact) mass is 351 g/mol. The van der Waals surface area contributed by atoms with Crippen LogP contribution in [0, 0.1) is 6.92 Å². The minimum absolute atomic E-state index is 0.0356. The van der Waals surface area contributed by atoms with Gasteiger partial charge in [0.1, 0.15) is 0 Å². The number of fused-ring (bicyclic) bond motifs is 1. The van der Waals surface area contributed by atoms with Gasteiger partial charge < -0.3 is 10.6 Å². The first kappa shape index (κ1) is 16.5. The van der Waals surface area contributed by atoms with Gasteiger partial charge in [-0.15, -0.1) is 0 Å². The summed E-state index contributed by atoms with van der Waals surface area (Å²) in [6, 6.07) is 11.6. The van der Waals surface area contributed by atoms with Gasteiger partial charge in [0.05, 0.1) is 6.42 Å². The Morgan fingerprint density at radius 3 is 2.81 bits per heavy atom. The maximum atomic E-state index is 12.8. The van der Waals surface area contributed by atoms with E-state index in [4.69, 9.17) is 5.73 Å². The lowest BCUT2D eigenvalue weighted by Crippen LogP contribution is -2.35. The van der Waals surface area contributed by atoms with Crippen LogP contribution in [0.25, 0.3) is 5.65 Å². The molecule has 0 unspecified atom stereocenters. The fourth-order valence-corrected chi connectivity index (χ4v) is 3.66. The molecule has 26 heavy (non-hydrogen) atoms. The summed E-state index contributed by atoms with van der Waals surface area (Å²) in [5, 5.41) is 2.83. The van der Waals surface area contributed by atoms with Crippen LogP contribution >= 0.6 is 0 Å². The molecule has 3 heterocycles. The van der Waals surface area contributed by atoms with E-state index in [-0.39, 0.29) is 29.8 Å². The number of aromatic amines is 1. The second-order valence-electron chi connectivity index (χ2n) is 6.79. The fraction of sp³-hybridized carbons (Fsp3) is 0.316. The number of amides is 1. The molecule has 0 spiro atoms. The fourth-order valence-electron chi connectivity index (χ4n) is 3.66. The summed E-state index contributed by atoms with van der Waals surface area (Å²) in [5.74, 6) is 0.0266. The molecule has 7 nitrogen and oxygen atoms in total. The number of nitrogens with one attached hydrogen (secondary N) is 1. The molecule has 2 aromatic heterocycles. The van der Waals surface area contributed by atoms with Crippen LogP contribution in [0.4, 0.5) is 0 Å². The van der Waals surface area contributed by atoms with Crippen molar-refractivity contribution in [3.63, 3.8) is 0 Å². The largest absolute Gasteiger partial charge is 0.340 e. The van der Waals surface area contributed by atoms with Gasteiger partial charge in [0.15, 0.2) is 5.65 Å². The molecule has 2 atom stereocenters. The maximum absolute atomic E-state index is 12.8. The van der Waals surface area contributed by atoms with Crippen molar-refractivity contribution in [3.8, 4) is 0 Å². The number of aromatic nitrogens is 3. The van der Waals surface area contributed by atoms with Gasteiger partial charge in [0.2, 0.25) is 5.91 Å². The number of H-pyrrole nitrogens is 1. The molecule has 134 valence electrons. The highest BCUT2D eigenvalue weighted by molar-refractivity contribution is 5.79. The molecule has 0 bridgehead atoms. The van der Waals surface area contributed by atoms with E-state index in [1.807, 2.05) is 30.3 Å². The Kier molecular flexibility index (Phi) is 4.08. The third-order valence-corrected chi connectivity index (χ3v) is 5.12. The summed E-state index contributed by atoms with van der Waals surface area (Å²) in [4.78, 5) is 31.6. The minimum Gasteiger partial charge on any atom is -0.340 e. The zero-order valence-electron chi connectivity index (χ0n) is 14.6. The lowest BCUT2D eigenvalue weighted by Gasteiger charge is -2.17. The molecule has 3 N–H and O–H groups in total. The Morgan fingerprint density at radius 1 is 1.27 bits per heavy atom. The van der Waals surface area contributed by atoms with E-state index in [0.29, 0.717) is 30.0 Å². The predicted molar refractivity (Wildman–Crippen MR) is 98.0 cm³/mol. The Balaban J connectivity index is 1.55. The standard InChI is InChI=1S/C19H21N5O2/c1-12-14(19(26)24-17(22-12)7-8-21-24)9-18(25)23-10-15(16(20)11-23)13-5-3-2-4-6-13/h2-8,15-16,21H,9-11,20H2,1H3/t15-,16+/m0/s1. The van der Waals surface area contributed by atoms with Gasteiger partial charge >= 0.3 is 0 Å². The summed E-state index contributed by atoms with van der Waals surface area (Å²) in [7, 11) is 0. The summed E-state index contributed by atoms with van der Waals surface area (Å²) < 4.78 is 1.36. The molecule has 1 amide bonds. The Hall–Kier alpha value is -2.93. The molecule has 4 rings (SSSR count). The number of likely N-dealkylation sites (tertiary alicyclic amines) is 1. The van der Waals surface area contributed by atoms with Crippen molar-refractivity contribution in [3.05, 3.63) is 69.8 Å². The molecule has 1 fully saturated rings. The van der Waals surface area contributed by atoms with Crippen molar-refractivity contribution in [2.45, 2.75) is 25.3 Å². The Labute approximate surface area is 150 Å². The van der Waals surface area contributed by atoms with Gasteiger partial charge in [0.25, 0.3) is 5.56 Å². The average molecular weight is 351 g/mol. The first-order valence-electron chi connectivity index (χ1n) is 8.68. The summed E-state index contributed by atoms with van der Waals surface area (Å²) >= 11 is 0. The average Bonchev–Trinajstić information content (AvgIpc) is 3.26. The lowest BCUT2D eigenvalue weighted by atomic mass is 9.95. The van der Waals surface area contributed by atoms with Crippen molar-refractivity contribution in [2.24, 2.45) is 5.73 Å². The van der Waals surface area contributed by atoms with Gasteiger partial charge in [-0.1, -0.05) is 30.3 Å². The van der Waals surface area contributed by atoms with E-state index in [0.717, 1.165) is 5.56 Å². The molecule has 0 saturated carbocycles. The zero-order valence-corrected chi connectivity index (χ0v) is 14.6. The van der Waals surface area contributed by atoms with Gasteiger partial charge in [0, 0.05) is 48.6 Å². The lowest BCUT2D eigenvalue weighted by molar-refractivity contribution is -0.129. The highest BCUT2D eigenvalue weighted by Gasteiger charge is 2.34. The van der Waals surface area contributed by atoms with Crippen LogP contribution in [-0.2, 0) is 11.2 Å². The molecule has 1 saturated heterocycles. The number of benzene rings is 1. The van der Waals surface area contributed by atoms with Crippen LogP contribution < -0.4 is 11.3 Å². The summed E-state index contributed by atoms with van der Waals surface area (Å²) in [6.07, 6.45) is 1.69. The van der Waals surface area contributed by atoms with E-state index in [2.05, 4.69) is 10.1 Å². The van der Waals surface area contributed by atoms with Crippen molar-refractivity contribution < 1.29 is 4.79 Å². The van der Waals surface area contributed by atoms with Gasteiger partial charge in [-0.2, -0.15) is 0 Å². The highest BCUT2D eigenvalue weighted by atomic mass is 16.2. The number of nitrogens with two attached hydrogens (primary N) is 1. The molecule has 1 aromatic carbocycles. The number of carbonyl (C=O) groups excluding carboxylic acids is 1. The molecule has 0 radical (unpaired) electrons. The van der Waals surface area contributed by atoms with Crippen molar-refractivity contribution >= 4 is 11.6 Å². The minimum atomic E-state index is -0.228. The van der Waals surface area contributed by atoms with Gasteiger partial charge in [-0.05, 0) is 12.5 Å². The van der Waals surface area contributed by atoms with Crippen LogP contribution in [-0.4, -0.2) is 44.5 Å². The predicted octanol–water partition coefficient (Wildman–Crippen LogP) is 0.827. The van der Waals surface area contributed by atoms with Crippen LogP contribution in [0.1, 0.15) is 22.7 Å². The number of hydrogen-bond donors (Lipinski definition) is 2. The number of aryl methyl sites for hydroxylation is 1. The highest BCUT2D eigenvalue weighted by Crippen LogP contribution is 2.26. The van der Waals surface area contributed by atoms with E-state index < -0.39 is 0 Å². The molecule has 1 aliphatic heterocycles. The first-order valence-corrected chi connectivity index (χ1v) is 8.68. The molecule has 7 heteroatoms. The molecular weight excluding hydrogens is 330 g/mol. The van der Waals surface area contributed by atoms with Gasteiger partial charge in [-0.25, -0.2) is 9.50 Å². The van der Waals surface area contributed by atoms with Crippen LogP contribution in [0.3, 0.4) is 0 Å². The first-order chi connectivity index (χ1) is 12.5. The molecule has 3 aromatic rings. The SMILES string of the molecule is Cc1nc2cc[nH]n2c(=O)c1CC(=O)N1C[C@@H](N)[C@H](c2ccccc2)C1.